The van der Waals surface area contributed by atoms with E-state index in [2.05, 4.69) is 41.4 Å². The molecular formula is C19H32N4O2. The van der Waals surface area contributed by atoms with Gasteiger partial charge in [-0.1, -0.05) is 30.3 Å². The number of piperidine rings is 1. The van der Waals surface area contributed by atoms with Crippen molar-refractivity contribution in [3.05, 3.63) is 41.1 Å². The lowest BCUT2D eigenvalue weighted by molar-refractivity contribution is -0.725. The lowest BCUT2D eigenvalue weighted by Gasteiger charge is -2.35. The molecule has 1 heterocycles. The summed E-state index contributed by atoms with van der Waals surface area (Å²) in [7, 11) is 0. The second kappa shape index (κ2) is 8.52. The van der Waals surface area contributed by atoms with Gasteiger partial charge in [-0.05, 0) is 53.0 Å². The molecule has 0 aliphatic carbocycles. The first kappa shape index (κ1) is 19.5. The van der Waals surface area contributed by atoms with Gasteiger partial charge in [0.15, 0.2) is 0 Å². The molecule has 140 valence electrons. The second-order valence-electron chi connectivity index (χ2n) is 7.65. The van der Waals surface area contributed by atoms with Crippen molar-refractivity contribution in [2.45, 2.75) is 65.1 Å². The van der Waals surface area contributed by atoms with Crippen LogP contribution in [0.4, 0.5) is 0 Å². The summed E-state index contributed by atoms with van der Waals surface area (Å²) in [4.78, 5) is 8.58. The lowest BCUT2D eigenvalue weighted by Crippen LogP contribution is -2.45. The number of likely N-dealkylation sites (tertiary alicyclic amines) is 1. The van der Waals surface area contributed by atoms with Gasteiger partial charge in [-0.15, -0.1) is 5.01 Å². The molecule has 0 spiro atoms. The Morgan fingerprint density at radius 1 is 1.28 bits per heavy atom. The average molecular weight is 348 g/mol. The van der Waals surface area contributed by atoms with Crippen molar-refractivity contribution in [1.29, 1.82) is 0 Å². The molecule has 0 amide bonds. The van der Waals surface area contributed by atoms with E-state index in [-0.39, 0.29) is 11.6 Å². The van der Waals surface area contributed by atoms with Gasteiger partial charge in [0.05, 0.1) is 17.1 Å². The third-order valence-electron chi connectivity index (χ3n) is 4.85. The van der Waals surface area contributed by atoms with E-state index < -0.39 is 0 Å². The summed E-state index contributed by atoms with van der Waals surface area (Å²) in [5.41, 5.74) is 1.05. The van der Waals surface area contributed by atoms with E-state index in [4.69, 9.17) is 4.84 Å². The predicted molar refractivity (Wildman–Crippen MR) is 98.7 cm³/mol. The van der Waals surface area contributed by atoms with Crippen LogP contribution in [0.15, 0.2) is 35.6 Å². The van der Waals surface area contributed by atoms with Gasteiger partial charge in [0, 0.05) is 19.1 Å². The van der Waals surface area contributed by atoms with Crippen molar-refractivity contribution < 1.29 is 9.81 Å². The minimum atomic E-state index is -0.280. The number of hydrogen-bond acceptors (Lipinski definition) is 4. The van der Waals surface area contributed by atoms with Crippen LogP contribution in [0.1, 0.15) is 59.1 Å². The van der Waals surface area contributed by atoms with Crippen LogP contribution in [-0.4, -0.2) is 46.2 Å². The van der Waals surface area contributed by atoms with E-state index in [0.717, 1.165) is 25.9 Å². The first-order chi connectivity index (χ1) is 11.8. The van der Waals surface area contributed by atoms with Gasteiger partial charge in [-0.3, -0.25) is 4.90 Å². The van der Waals surface area contributed by atoms with Crippen LogP contribution in [0.5, 0.6) is 0 Å². The topological polar surface area (TPSA) is 54.1 Å². The predicted octanol–water partition coefficient (Wildman–Crippen LogP) is 4.14. The molecule has 25 heavy (non-hydrogen) atoms. The number of benzene rings is 1. The SMILES string of the molecule is CCN(/[N+]([O-])=N\OC1CCN(C(C)c2ccccc2)CC1)C(C)(C)C. The lowest BCUT2D eigenvalue weighted by atomic mass is 10.0. The fraction of sp³-hybridized carbons (Fsp3) is 0.684. The smallest absolute Gasteiger partial charge is 0.233 e. The first-order valence-electron chi connectivity index (χ1n) is 9.23. The van der Waals surface area contributed by atoms with Gasteiger partial charge >= 0.3 is 0 Å². The minimum absolute atomic E-state index is 0.00866. The molecule has 6 heteroatoms. The Hall–Kier alpha value is -1.82. The van der Waals surface area contributed by atoms with Crippen LogP contribution in [-0.2, 0) is 4.84 Å². The Morgan fingerprint density at radius 3 is 2.40 bits per heavy atom. The average Bonchev–Trinajstić information content (AvgIpc) is 2.60. The van der Waals surface area contributed by atoms with E-state index in [1.807, 2.05) is 33.8 Å². The molecule has 1 aromatic carbocycles. The van der Waals surface area contributed by atoms with Gasteiger partial charge in [-0.2, -0.15) is 0 Å². The van der Waals surface area contributed by atoms with Crippen LogP contribution in [0.3, 0.4) is 0 Å². The van der Waals surface area contributed by atoms with E-state index >= 15 is 0 Å². The fourth-order valence-corrected chi connectivity index (χ4v) is 3.31. The molecule has 6 nitrogen and oxygen atoms in total. The Balaban J connectivity index is 1.85. The Kier molecular flexibility index (Phi) is 6.64. The summed E-state index contributed by atoms with van der Waals surface area (Å²) in [5, 5.41) is 17.6. The maximum atomic E-state index is 12.2. The molecule has 0 saturated carbocycles. The zero-order valence-electron chi connectivity index (χ0n) is 16.2. The van der Waals surface area contributed by atoms with Gasteiger partial charge in [-0.25, -0.2) is 0 Å². The molecule has 1 aliphatic rings. The van der Waals surface area contributed by atoms with Crippen molar-refractivity contribution in [2.24, 2.45) is 5.28 Å². The van der Waals surface area contributed by atoms with Gasteiger partial charge in [0.25, 0.3) is 0 Å². The van der Waals surface area contributed by atoms with Gasteiger partial charge in [0.2, 0.25) is 5.28 Å². The van der Waals surface area contributed by atoms with Gasteiger partial charge in [0.1, 0.15) is 6.10 Å². The molecule has 0 aromatic heterocycles. The molecule has 1 aromatic rings. The summed E-state index contributed by atoms with van der Waals surface area (Å²) < 4.78 is 0. The maximum Gasteiger partial charge on any atom is 0.233 e. The highest BCUT2D eigenvalue weighted by Gasteiger charge is 2.29. The summed E-state index contributed by atoms with van der Waals surface area (Å²) in [6, 6.07) is 10.9. The molecule has 1 atom stereocenters. The summed E-state index contributed by atoms with van der Waals surface area (Å²) >= 11 is 0. The second-order valence-corrected chi connectivity index (χ2v) is 7.65. The Bertz CT molecular complexity index is 548. The molecule has 0 bridgehead atoms. The quantitative estimate of drug-likeness (QED) is 0.440. The Labute approximate surface area is 151 Å². The fourth-order valence-electron chi connectivity index (χ4n) is 3.31. The number of hydrazine groups is 1. The highest BCUT2D eigenvalue weighted by Crippen LogP contribution is 2.25. The zero-order chi connectivity index (χ0) is 18.4. The molecular weight excluding hydrogens is 316 g/mol. The largest absolute Gasteiger partial charge is 0.569 e. The highest BCUT2D eigenvalue weighted by atomic mass is 16.7. The molecule has 2 rings (SSSR count). The molecule has 1 unspecified atom stereocenters. The summed E-state index contributed by atoms with van der Waals surface area (Å²) in [5.74, 6) is 0. The molecule has 1 aliphatic heterocycles. The van der Waals surface area contributed by atoms with Crippen LogP contribution in [0.2, 0.25) is 0 Å². The standard InChI is InChI=1S/C19H32N4O2/c1-6-22(19(3,4)5)23(24)20-25-18-12-14-21(15-13-18)16(2)17-10-8-7-9-11-17/h7-11,16,18H,6,12-15H2,1-5H3/b23-20+. The normalized spacial score (nSPS) is 18.8. The van der Waals surface area contributed by atoms with Crippen molar-refractivity contribution >= 4 is 0 Å². The molecule has 0 radical (unpaired) electrons. The molecule has 0 N–H and O–H groups in total. The number of nitrogens with zero attached hydrogens (tertiary/aromatic N) is 4. The van der Waals surface area contributed by atoms with Crippen LogP contribution >= 0.6 is 0 Å². The van der Waals surface area contributed by atoms with Crippen LogP contribution in [0.25, 0.3) is 0 Å². The minimum Gasteiger partial charge on any atom is -0.569 e. The number of rotatable bonds is 6. The van der Waals surface area contributed by atoms with Crippen molar-refractivity contribution in [1.82, 2.24) is 9.91 Å². The van der Waals surface area contributed by atoms with E-state index in [9.17, 15) is 5.21 Å². The van der Waals surface area contributed by atoms with Crippen LogP contribution in [0, 0.1) is 5.21 Å². The third kappa shape index (κ3) is 5.33. The summed E-state index contributed by atoms with van der Waals surface area (Å²) in [6.45, 7) is 12.6. The monoisotopic (exact) mass is 348 g/mol. The van der Waals surface area contributed by atoms with E-state index in [1.165, 1.54) is 5.56 Å². The molecule has 1 saturated heterocycles. The van der Waals surface area contributed by atoms with Crippen LogP contribution < -0.4 is 0 Å². The van der Waals surface area contributed by atoms with Crippen molar-refractivity contribution in [3.8, 4) is 0 Å². The maximum absolute atomic E-state index is 12.2. The van der Waals surface area contributed by atoms with E-state index in [1.54, 1.807) is 5.01 Å². The Morgan fingerprint density at radius 2 is 1.88 bits per heavy atom. The van der Waals surface area contributed by atoms with E-state index in [0.29, 0.717) is 17.6 Å². The highest BCUT2D eigenvalue weighted by molar-refractivity contribution is 5.18. The zero-order valence-corrected chi connectivity index (χ0v) is 16.2. The third-order valence-corrected chi connectivity index (χ3v) is 4.85. The molecule has 1 fully saturated rings. The van der Waals surface area contributed by atoms with Crippen molar-refractivity contribution in [3.63, 3.8) is 0 Å². The van der Waals surface area contributed by atoms with Gasteiger partial charge < -0.3 is 10.0 Å². The first-order valence-corrected chi connectivity index (χ1v) is 9.23. The summed E-state index contributed by atoms with van der Waals surface area (Å²) in [6.07, 6.45) is 1.78. The number of hydrogen-bond donors (Lipinski definition) is 0. The van der Waals surface area contributed by atoms with Crippen molar-refractivity contribution in [2.75, 3.05) is 19.6 Å².